The van der Waals surface area contributed by atoms with E-state index in [-0.39, 0.29) is 5.82 Å². The Kier molecular flexibility index (Phi) is 4.61. The van der Waals surface area contributed by atoms with Crippen LogP contribution in [0.2, 0.25) is 0 Å². The van der Waals surface area contributed by atoms with E-state index < -0.39 is 0 Å². The van der Waals surface area contributed by atoms with E-state index >= 15 is 0 Å². The lowest BCUT2D eigenvalue weighted by molar-refractivity contribution is 0.586. The van der Waals surface area contributed by atoms with Crippen molar-refractivity contribution in [1.82, 2.24) is 15.0 Å². The third-order valence-electron chi connectivity index (χ3n) is 3.79. The second-order valence-electron chi connectivity index (χ2n) is 5.56. The fraction of sp³-hybridized carbons (Fsp3) is 0.400. The van der Waals surface area contributed by atoms with Gasteiger partial charge in [0.25, 0.3) is 0 Å². The van der Waals surface area contributed by atoms with Crippen LogP contribution in [0.5, 0.6) is 0 Å². The molecule has 0 amide bonds. The maximum atomic E-state index is 14.0. The fourth-order valence-electron chi connectivity index (χ4n) is 2.54. The van der Waals surface area contributed by atoms with Crippen LogP contribution in [0.1, 0.15) is 0 Å². The summed E-state index contributed by atoms with van der Waals surface area (Å²) in [6, 6.07) is 3.41. The monoisotopic (exact) mass is 380 g/mol. The van der Waals surface area contributed by atoms with E-state index in [0.717, 1.165) is 24.7 Å². The third kappa shape index (κ3) is 3.52. The number of anilines is 3. The topological polar surface area (TPSA) is 48.4 Å². The molecule has 1 aliphatic heterocycles. The van der Waals surface area contributed by atoms with Crippen molar-refractivity contribution in [2.24, 2.45) is 0 Å². The SMILES string of the molecule is CN(C)c1cc(N2CCN(c3ncc(Br)cc3F)CC2)ncn1. The molecular formula is C15H18BrFN6. The molecule has 0 aromatic carbocycles. The van der Waals surface area contributed by atoms with Crippen LogP contribution in [0.4, 0.5) is 21.8 Å². The summed E-state index contributed by atoms with van der Waals surface area (Å²) in [5, 5.41) is 0. The molecule has 0 spiro atoms. The molecule has 0 radical (unpaired) electrons. The Balaban J connectivity index is 1.70. The van der Waals surface area contributed by atoms with Gasteiger partial charge in [-0.3, -0.25) is 0 Å². The molecule has 1 fully saturated rings. The molecule has 0 atom stereocenters. The average molecular weight is 381 g/mol. The first-order chi connectivity index (χ1) is 11.0. The quantitative estimate of drug-likeness (QED) is 0.812. The van der Waals surface area contributed by atoms with Gasteiger partial charge in [0.1, 0.15) is 18.0 Å². The van der Waals surface area contributed by atoms with Gasteiger partial charge in [0.15, 0.2) is 11.6 Å². The number of rotatable bonds is 3. The van der Waals surface area contributed by atoms with E-state index in [1.54, 1.807) is 12.5 Å². The summed E-state index contributed by atoms with van der Waals surface area (Å²) >= 11 is 3.23. The smallest absolute Gasteiger partial charge is 0.166 e. The predicted octanol–water partition coefficient (Wildman–Crippen LogP) is 2.17. The zero-order chi connectivity index (χ0) is 16.4. The highest BCUT2D eigenvalue weighted by atomic mass is 79.9. The van der Waals surface area contributed by atoms with Gasteiger partial charge in [0.05, 0.1) is 0 Å². The summed E-state index contributed by atoms with van der Waals surface area (Å²) in [5.41, 5.74) is 0. The summed E-state index contributed by atoms with van der Waals surface area (Å²) in [6.45, 7) is 2.93. The number of pyridine rings is 1. The molecule has 0 aliphatic carbocycles. The van der Waals surface area contributed by atoms with Gasteiger partial charge in [0, 0.05) is 57.0 Å². The Morgan fingerprint density at radius 1 is 1.04 bits per heavy atom. The van der Waals surface area contributed by atoms with Crippen LogP contribution in [-0.2, 0) is 0 Å². The van der Waals surface area contributed by atoms with Crippen LogP contribution in [0.15, 0.2) is 29.1 Å². The van der Waals surface area contributed by atoms with Crippen LogP contribution in [0, 0.1) is 5.82 Å². The maximum absolute atomic E-state index is 14.0. The van der Waals surface area contributed by atoms with E-state index in [1.165, 1.54) is 6.07 Å². The molecule has 3 heterocycles. The molecule has 3 rings (SSSR count). The van der Waals surface area contributed by atoms with E-state index in [9.17, 15) is 4.39 Å². The van der Waals surface area contributed by atoms with Crippen LogP contribution in [-0.4, -0.2) is 55.2 Å². The molecular weight excluding hydrogens is 363 g/mol. The standard InChI is InChI=1S/C15H18BrFN6/c1-21(2)13-8-14(20-10-19-13)22-3-5-23(6-4-22)15-12(17)7-11(16)9-18-15/h7-10H,3-6H2,1-2H3. The molecule has 0 unspecified atom stereocenters. The molecule has 2 aromatic rings. The van der Waals surface area contributed by atoms with Gasteiger partial charge in [-0.2, -0.15) is 0 Å². The minimum Gasteiger partial charge on any atom is -0.363 e. The number of aromatic nitrogens is 3. The molecule has 0 bridgehead atoms. The number of nitrogens with zero attached hydrogens (tertiary/aromatic N) is 6. The normalized spacial score (nSPS) is 15.0. The van der Waals surface area contributed by atoms with Crippen molar-refractivity contribution in [2.45, 2.75) is 0 Å². The van der Waals surface area contributed by atoms with E-state index in [0.29, 0.717) is 23.4 Å². The maximum Gasteiger partial charge on any atom is 0.166 e. The van der Waals surface area contributed by atoms with Crippen LogP contribution in [0.25, 0.3) is 0 Å². The van der Waals surface area contributed by atoms with Crippen LogP contribution in [0.3, 0.4) is 0 Å². The number of piperazine rings is 1. The molecule has 6 nitrogen and oxygen atoms in total. The molecule has 1 aliphatic rings. The Hall–Kier alpha value is -1.96. The highest BCUT2D eigenvalue weighted by Crippen LogP contribution is 2.23. The summed E-state index contributed by atoms with van der Waals surface area (Å²) in [6.07, 6.45) is 3.20. The second-order valence-corrected chi connectivity index (χ2v) is 6.48. The Bertz CT molecular complexity index is 687. The van der Waals surface area contributed by atoms with Crippen molar-refractivity contribution in [1.29, 1.82) is 0 Å². The van der Waals surface area contributed by atoms with Crippen LogP contribution < -0.4 is 14.7 Å². The zero-order valence-electron chi connectivity index (χ0n) is 13.1. The van der Waals surface area contributed by atoms with E-state index in [4.69, 9.17) is 0 Å². The molecule has 122 valence electrons. The van der Waals surface area contributed by atoms with Crippen molar-refractivity contribution in [3.63, 3.8) is 0 Å². The first-order valence-corrected chi connectivity index (χ1v) is 8.14. The molecule has 23 heavy (non-hydrogen) atoms. The first kappa shape index (κ1) is 15.9. The highest BCUT2D eigenvalue weighted by molar-refractivity contribution is 9.10. The highest BCUT2D eigenvalue weighted by Gasteiger charge is 2.21. The van der Waals surface area contributed by atoms with Crippen molar-refractivity contribution >= 4 is 33.4 Å². The summed E-state index contributed by atoms with van der Waals surface area (Å²) in [4.78, 5) is 18.9. The summed E-state index contributed by atoms with van der Waals surface area (Å²) in [5.74, 6) is 1.87. The Morgan fingerprint density at radius 3 is 2.39 bits per heavy atom. The Morgan fingerprint density at radius 2 is 1.74 bits per heavy atom. The summed E-state index contributed by atoms with van der Waals surface area (Å²) in [7, 11) is 3.90. The number of halogens is 2. The molecule has 2 aromatic heterocycles. The minimum absolute atomic E-state index is 0.301. The van der Waals surface area contributed by atoms with Crippen molar-refractivity contribution in [3.05, 3.63) is 34.9 Å². The largest absolute Gasteiger partial charge is 0.363 e. The molecule has 0 N–H and O–H groups in total. The van der Waals surface area contributed by atoms with E-state index in [1.807, 2.05) is 30.0 Å². The zero-order valence-corrected chi connectivity index (χ0v) is 14.7. The third-order valence-corrected chi connectivity index (χ3v) is 4.22. The van der Waals surface area contributed by atoms with Gasteiger partial charge in [0.2, 0.25) is 0 Å². The fourth-order valence-corrected chi connectivity index (χ4v) is 2.85. The van der Waals surface area contributed by atoms with Crippen LogP contribution >= 0.6 is 15.9 Å². The van der Waals surface area contributed by atoms with Gasteiger partial charge < -0.3 is 14.7 Å². The first-order valence-electron chi connectivity index (χ1n) is 7.35. The van der Waals surface area contributed by atoms with Crippen molar-refractivity contribution < 1.29 is 4.39 Å². The lowest BCUT2D eigenvalue weighted by atomic mass is 10.3. The second kappa shape index (κ2) is 6.66. The lowest BCUT2D eigenvalue weighted by Gasteiger charge is -2.36. The van der Waals surface area contributed by atoms with Gasteiger partial charge in [-0.25, -0.2) is 19.3 Å². The van der Waals surface area contributed by atoms with Gasteiger partial charge >= 0.3 is 0 Å². The molecule has 1 saturated heterocycles. The van der Waals surface area contributed by atoms with Crippen molar-refractivity contribution in [3.8, 4) is 0 Å². The van der Waals surface area contributed by atoms with Crippen molar-refractivity contribution in [2.75, 3.05) is 55.0 Å². The Labute approximate surface area is 143 Å². The van der Waals surface area contributed by atoms with Gasteiger partial charge in [-0.15, -0.1) is 0 Å². The summed E-state index contributed by atoms with van der Waals surface area (Å²) < 4.78 is 14.7. The lowest BCUT2D eigenvalue weighted by Crippen LogP contribution is -2.47. The number of hydrogen-bond donors (Lipinski definition) is 0. The number of hydrogen-bond acceptors (Lipinski definition) is 6. The minimum atomic E-state index is -0.301. The average Bonchev–Trinajstić information content (AvgIpc) is 2.55. The van der Waals surface area contributed by atoms with E-state index in [2.05, 4.69) is 35.8 Å². The van der Waals surface area contributed by atoms with Gasteiger partial charge in [-0.1, -0.05) is 0 Å². The molecule has 0 saturated carbocycles. The molecule has 8 heteroatoms. The van der Waals surface area contributed by atoms with Gasteiger partial charge in [-0.05, 0) is 22.0 Å². The predicted molar refractivity (Wildman–Crippen MR) is 92.7 cm³/mol.